The highest BCUT2D eigenvalue weighted by atomic mass is 79.9. The third-order valence-corrected chi connectivity index (χ3v) is 4.34. The molecule has 1 saturated heterocycles. The molecule has 1 heterocycles. The van der Waals surface area contributed by atoms with Crippen molar-refractivity contribution in [3.8, 4) is 5.75 Å². The summed E-state index contributed by atoms with van der Waals surface area (Å²) >= 11 is 3.55. The van der Waals surface area contributed by atoms with E-state index >= 15 is 0 Å². The van der Waals surface area contributed by atoms with Gasteiger partial charge < -0.3 is 9.64 Å². The minimum absolute atomic E-state index is 0.697. The molecule has 1 aliphatic heterocycles. The van der Waals surface area contributed by atoms with E-state index in [0.29, 0.717) is 6.04 Å². The van der Waals surface area contributed by atoms with E-state index in [1.165, 1.54) is 31.4 Å². The minimum Gasteiger partial charge on any atom is -0.492 e. The molecule has 1 unspecified atom stereocenters. The van der Waals surface area contributed by atoms with Gasteiger partial charge in [-0.15, -0.1) is 0 Å². The van der Waals surface area contributed by atoms with E-state index in [4.69, 9.17) is 4.74 Å². The van der Waals surface area contributed by atoms with Crippen LogP contribution >= 0.6 is 15.9 Å². The lowest BCUT2D eigenvalue weighted by Gasteiger charge is -2.32. The van der Waals surface area contributed by atoms with E-state index in [2.05, 4.69) is 46.9 Å². The molecule has 0 amide bonds. The Hall–Kier alpha value is -0.540. The van der Waals surface area contributed by atoms with E-state index in [1.807, 2.05) is 6.07 Å². The smallest absolute Gasteiger partial charge is 0.133 e. The van der Waals surface area contributed by atoms with Crippen LogP contribution in [0.25, 0.3) is 0 Å². The Kier molecular flexibility index (Phi) is 5.07. The number of benzene rings is 1. The molecule has 2 nitrogen and oxygen atoms in total. The van der Waals surface area contributed by atoms with Crippen LogP contribution < -0.4 is 4.74 Å². The maximum absolute atomic E-state index is 5.87. The molecule has 1 atom stereocenters. The Labute approximate surface area is 118 Å². The van der Waals surface area contributed by atoms with Crippen LogP contribution in [0.4, 0.5) is 0 Å². The van der Waals surface area contributed by atoms with Crippen LogP contribution in [0.2, 0.25) is 0 Å². The van der Waals surface area contributed by atoms with Crippen molar-refractivity contribution >= 4 is 15.9 Å². The first kappa shape index (κ1) is 13.9. The summed E-state index contributed by atoms with van der Waals surface area (Å²) in [6.07, 6.45) is 5.15. The number of likely N-dealkylation sites (tertiary alicyclic amines) is 1. The molecule has 2 rings (SSSR count). The van der Waals surface area contributed by atoms with E-state index < -0.39 is 0 Å². The van der Waals surface area contributed by atoms with Gasteiger partial charge in [-0.1, -0.05) is 12.5 Å². The number of halogens is 1. The zero-order valence-corrected chi connectivity index (χ0v) is 12.9. The van der Waals surface area contributed by atoms with Gasteiger partial charge in [0.25, 0.3) is 0 Å². The summed E-state index contributed by atoms with van der Waals surface area (Å²) in [6.45, 7) is 4.13. The molecule has 0 saturated carbocycles. The quantitative estimate of drug-likeness (QED) is 0.833. The molecule has 0 radical (unpaired) electrons. The Balaban J connectivity index is 1.81. The maximum atomic E-state index is 5.87. The molecule has 1 aliphatic rings. The summed E-state index contributed by atoms with van der Waals surface area (Å²) in [7, 11) is 2.23. The molecule has 1 aromatic rings. The molecule has 100 valence electrons. The van der Waals surface area contributed by atoms with Crippen LogP contribution in [0.3, 0.4) is 0 Å². The molecule has 18 heavy (non-hydrogen) atoms. The van der Waals surface area contributed by atoms with Gasteiger partial charge in [-0.05, 0) is 73.4 Å². The molecule has 1 aromatic carbocycles. The molecule has 0 N–H and O–H groups in total. The first-order valence-electron chi connectivity index (χ1n) is 6.76. The van der Waals surface area contributed by atoms with Crippen molar-refractivity contribution in [3.05, 3.63) is 28.2 Å². The summed E-state index contributed by atoms with van der Waals surface area (Å²) < 4.78 is 6.92. The van der Waals surface area contributed by atoms with Crippen LogP contribution in [-0.4, -0.2) is 31.1 Å². The van der Waals surface area contributed by atoms with Crippen LogP contribution in [0.1, 0.15) is 31.2 Å². The van der Waals surface area contributed by atoms with Gasteiger partial charge in [0.2, 0.25) is 0 Å². The second kappa shape index (κ2) is 6.58. The molecular formula is C15H22BrNO. The Morgan fingerprint density at radius 3 is 2.94 bits per heavy atom. The standard InChI is InChI=1S/C15H22BrNO/c1-12-6-7-15(14(16)11-12)18-10-8-13-5-3-4-9-17(13)2/h6-7,11,13H,3-5,8-10H2,1-2H3. The number of rotatable bonds is 4. The summed E-state index contributed by atoms with van der Waals surface area (Å²) in [5, 5.41) is 0. The van der Waals surface area contributed by atoms with Crippen molar-refractivity contribution in [1.82, 2.24) is 4.90 Å². The fraction of sp³-hybridized carbons (Fsp3) is 0.600. The molecule has 0 spiro atoms. The first-order chi connectivity index (χ1) is 8.66. The number of aryl methyl sites for hydroxylation is 1. The van der Waals surface area contributed by atoms with Crippen molar-refractivity contribution in [2.45, 2.75) is 38.6 Å². The van der Waals surface area contributed by atoms with Gasteiger partial charge in [-0.3, -0.25) is 0 Å². The average Bonchev–Trinajstić information content (AvgIpc) is 2.34. The fourth-order valence-electron chi connectivity index (χ4n) is 2.54. The normalized spacial score (nSPS) is 20.9. The van der Waals surface area contributed by atoms with Gasteiger partial charge in [0.15, 0.2) is 0 Å². The van der Waals surface area contributed by atoms with Gasteiger partial charge in [-0.25, -0.2) is 0 Å². The highest BCUT2D eigenvalue weighted by Crippen LogP contribution is 2.26. The zero-order valence-electron chi connectivity index (χ0n) is 11.3. The lowest BCUT2D eigenvalue weighted by Crippen LogP contribution is -2.37. The molecule has 0 aliphatic carbocycles. The van der Waals surface area contributed by atoms with Crippen molar-refractivity contribution in [3.63, 3.8) is 0 Å². The number of hydrogen-bond acceptors (Lipinski definition) is 2. The van der Waals surface area contributed by atoms with E-state index in [-0.39, 0.29) is 0 Å². The average molecular weight is 312 g/mol. The maximum Gasteiger partial charge on any atom is 0.133 e. The van der Waals surface area contributed by atoms with Crippen LogP contribution in [0, 0.1) is 6.92 Å². The fourth-order valence-corrected chi connectivity index (χ4v) is 3.14. The SMILES string of the molecule is Cc1ccc(OCCC2CCCCN2C)c(Br)c1. The third-order valence-electron chi connectivity index (χ3n) is 3.72. The summed E-state index contributed by atoms with van der Waals surface area (Å²) in [5.74, 6) is 0.957. The molecule has 0 aromatic heterocycles. The lowest BCUT2D eigenvalue weighted by molar-refractivity contribution is 0.153. The Morgan fingerprint density at radius 2 is 2.22 bits per heavy atom. The van der Waals surface area contributed by atoms with Crippen LogP contribution in [0.5, 0.6) is 5.75 Å². The highest BCUT2D eigenvalue weighted by molar-refractivity contribution is 9.10. The number of hydrogen-bond donors (Lipinski definition) is 0. The monoisotopic (exact) mass is 311 g/mol. The summed E-state index contributed by atoms with van der Waals surface area (Å²) in [4.78, 5) is 2.47. The van der Waals surface area contributed by atoms with E-state index in [1.54, 1.807) is 0 Å². The van der Waals surface area contributed by atoms with Gasteiger partial charge in [0.1, 0.15) is 5.75 Å². The van der Waals surface area contributed by atoms with Crippen LogP contribution in [-0.2, 0) is 0 Å². The molecule has 0 bridgehead atoms. The highest BCUT2D eigenvalue weighted by Gasteiger charge is 2.18. The van der Waals surface area contributed by atoms with Crippen molar-refractivity contribution < 1.29 is 4.74 Å². The predicted octanol–water partition coefficient (Wildman–Crippen LogP) is 4.01. The second-order valence-electron chi connectivity index (χ2n) is 5.20. The van der Waals surface area contributed by atoms with Crippen molar-refractivity contribution in [2.24, 2.45) is 0 Å². The number of nitrogens with zero attached hydrogens (tertiary/aromatic N) is 1. The van der Waals surface area contributed by atoms with Crippen LogP contribution in [0.15, 0.2) is 22.7 Å². The number of ether oxygens (including phenoxy) is 1. The largest absolute Gasteiger partial charge is 0.492 e. The minimum atomic E-state index is 0.697. The van der Waals surface area contributed by atoms with Crippen molar-refractivity contribution in [1.29, 1.82) is 0 Å². The van der Waals surface area contributed by atoms with Crippen molar-refractivity contribution in [2.75, 3.05) is 20.2 Å². The second-order valence-corrected chi connectivity index (χ2v) is 6.06. The molecule has 3 heteroatoms. The van der Waals surface area contributed by atoms with Gasteiger partial charge in [0, 0.05) is 6.04 Å². The Morgan fingerprint density at radius 1 is 1.39 bits per heavy atom. The molecular weight excluding hydrogens is 290 g/mol. The van der Waals surface area contributed by atoms with Gasteiger partial charge in [-0.2, -0.15) is 0 Å². The van der Waals surface area contributed by atoms with E-state index in [0.717, 1.165) is 23.2 Å². The number of piperidine rings is 1. The summed E-state index contributed by atoms with van der Waals surface area (Å²) in [5.41, 5.74) is 1.25. The first-order valence-corrected chi connectivity index (χ1v) is 7.55. The Bertz CT molecular complexity index is 394. The van der Waals surface area contributed by atoms with Gasteiger partial charge in [0.05, 0.1) is 11.1 Å². The van der Waals surface area contributed by atoms with Gasteiger partial charge >= 0.3 is 0 Å². The zero-order chi connectivity index (χ0) is 13.0. The molecule has 1 fully saturated rings. The predicted molar refractivity (Wildman–Crippen MR) is 79.3 cm³/mol. The lowest BCUT2D eigenvalue weighted by atomic mass is 10.0. The van der Waals surface area contributed by atoms with E-state index in [9.17, 15) is 0 Å². The third kappa shape index (κ3) is 3.72. The topological polar surface area (TPSA) is 12.5 Å². The summed E-state index contributed by atoms with van der Waals surface area (Å²) in [6, 6.07) is 6.93.